The number of aldehydes is 1. The maximum absolute atomic E-state index is 12.5. The number of ether oxygens (including phenoxy) is 2. The first-order chi connectivity index (χ1) is 12.1. The fraction of sp³-hybridized carbons (Fsp3) is 0.300. The SMILES string of the molecule is COc1ccc(C(c2ccc(OC)cc2)N2C(=O)[C@@H](C)[C@H]2C=O)cc1. The van der Waals surface area contributed by atoms with Crippen molar-refractivity contribution < 1.29 is 19.1 Å². The highest BCUT2D eigenvalue weighted by atomic mass is 16.5. The molecule has 0 N–H and O–H groups in total. The number of benzene rings is 2. The normalized spacial score (nSPS) is 19.5. The van der Waals surface area contributed by atoms with E-state index in [1.54, 1.807) is 26.0 Å². The molecule has 1 saturated heterocycles. The lowest BCUT2D eigenvalue weighted by Crippen LogP contribution is -2.61. The Labute approximate surface area is 147 Å². The van der Waals surface area contributed by atoms with Gasteiger partial charge in [-0.05, 0) is 35.4 Å². The zero-order valence-electron chi connectivity index (χ0n) is 14.5. The van der Waals surface area contributed by atoms with Gasteiger partial charge in [0.15, 0.2) is 0 Å². The second-order valence-corrected chi connectivity index (χ2v) is 6.11. The number of nitrogens with zero attached hydrogens (tertiary/aromatic N) is 1. The van der Waals surface area contributed by atoms with Crippen molar-refractivity contribution in [2.75, 3.05) is 14.2 Å². The highest BCUT2D eigenvalue weighted by Crippen LogP contribution is 2.39. The van der Waals surface area contributed by atoms with E-state index in [1.165, 1.54) is 0 Å². The van der Waals surface area contributed by atoms with Crippen LogP contribution in [0.5, 0.6) is 11.5 Å². The molecule has 0 unspecified atom stereocenters. The third-order valence-electron chi connectivity index (χ3n) is 4.76. The van der Waals surface area contributed by atoms with Gasteiger partial charge in [0.1, 0.15) is 17.8 Å². The standard InChI is InChI=1S/C20H21NO4/c1-13-18(12-22)21(20(13)23)19(14-4-8-16(24-2)9-5-14)15-6-10-17(25-3)11-7-15/h4-13,18-19H,1-3H3/t13-,18+/m0/s1. The number of carbonyl (C=O) groups excluding carboxylic acids is 2. The van der Waals surface area contributed by atoms with Crippen LogP contribution in [-0.2, 0) is 9.59 Å². The van der Waals surface area contributed by atoms with E-state index in [-0.39, 0.29) is 17.9 Å². The zero-order valence-corrected chi connectivity index (χ0v) is 14.5. The average molecular weight is 339 g/mol. The van der Waals surface area contributed by atoms with Crippen molar-refractivity contribution in [1.29, 1.82) is 0 Å². The molecule has 3 rings (SSSR count). The summed E-state index contributed by atoms with van der Waals surface area (Å²) in [7, 11) is 3.22. The highest BCUT2D eigenvalue weighted by Gasteiger charge is 2.48. The molecule has 5 heteroatoms. The van der Waals surface area contributed by atoms with Crippen molar-refractivity contribution in [3.63, 3.8) is 0 Å². The fourth-order valence-electron chi connectivity index (χ4n) is 3.26. The van der Waals surface area contributed by atoms with Crippen LogP contribution in [0.3, 0.4) is 0 Å². The second kappa shape index (κ2) is 6.97. The monoisotopic (exact) mass is 339 g/mol. The van der Waals surface area contributed by atoms with Crippen molar-refractivity contribution >= 4 is 12.2 Å². The molecular weight excluding hydrogens is 318 g/mol. The lowest BCUT2D eigenvalue weighted by Gasteiger charge is -2.47. The van der Waals surface area contributed by atoms with E-state index >= 15 is 0 Å². The molecule has 0 radical (unpaired) electrons. The number of hydrogen-bond acceptors (Lipinski definition) is 4. The quantitative estimate of drug-likeness (QED) is 0.600. The summed E-state index contributed by atoms with van der Waals surface area (Å²) in [4.78, 5) is 25.6. The van der Waals surface area contributed by atoms with Crippen molar-refractivity contribution in [3.05, 3.63) is 59.7 Å². The number of rotatable bonds is 6. The molecule has 1 aliphatic heterocycles. The lowest BCUT2D eigenvalue weighted by atomic mass is 9.84. The van der Waals surface area contributed by atoms with E-state index in [2.05, 4.69) is 0 Å². The van der Waals surface area contributed by atoms with E-state index in [1.807, 2.05) is 48.5 Å². The molecule has 1 aliphatic rings. The van der Waals surface area contributed by atoms with Gasteiger partial charge >= 0.3 is 0 Å². The van der Waals surface area contributed by atoms with Gasteiger partial charge in [0.2, 0.25) is 5.91 Å². The Kier molecular flexibility index (Phi) is 4.74. The summed E-state index contributed by atoms with van der Waals surface area (Å²) < 4.78 is 10.4. The van der Waals surface area contributed by atoms with E-state index in [4.69, 9.17) is 9.47 Å². The van der Waals surface area contributed by atoms with E-state index in [9.17, 15) is 9.59 Å². The second-order valence-electron chi connectivity index (χ2n) is 6.11. The van der Waals surface area contributed by atoms with Gasteiger partial charge in [-0.1, -0.05) is 31.2 Å². The molecule has 1 heterocycles. The Morgan fingerprint density at radius 2 is 1.36 bits per heavy atom. The number of carbonyl (C=O) groups is 2. The molecule has 5 nitrogen and oxygen atoms in total. The minimum absolute atomic E-state index is 0.0197. The first kappa shape index (κ1) is 17.0. The fourth-order valence-corrected chi connectivity index (χ4v) is 3.26. The number of methoxy groups -OCH3 is 2. The number of likely N-dealkylation sites (tertiary alicyclic amines) is 1. The molecule has 0 bridgehead atoms. The molecule has 2 aromatic carbocycles. The zero-order chi connectivity index (χ0) is 18.0. The van der Waals surface area contributed by atoms with E-state index in [0.717, 1.165) is 28.9 Å². The number of hydrogen-bond donors (Lipinski definition) is 0. The Balaban J connectivity index is 2.03. The Morgan fingerprint density at radius 3 is 1.72 bits per heavy atom. The van der Waals surface area contributed by atoms with Crippen molar-refractivity contribution in [3.8, 4) is 11.5 Å². The summed E-state index contributed by atoms with van der Waals surface area (Å²) in [5.41, 5.74) is 1.86. The molecule has 0 aromatic heterocycles. The van der Waals surface area contributed by atoms with Crippen LogP contribution in [0.4, 0.5) is 0 Å². The van der Waals surface area contributed by atoms with Crippen LogP contribution in [0.15, 0.2) is 48.5 Å². The molecule has 1 fully saturated rings. The molecule has 0 saturated carbocycles. The van der Waals surface area contributed by atoms with Gasteiger partial charge in [0, 0.05) is 0 Å². The van der Waals surface area contributed by atoms with Crippen LogP contribution in [0.2, 0.25) is 0 Å². The number of β-lactam (4-membered cyclic amide) rings is 1. The number of amides is 1. The van der Waals surface area contributed by atoms with E-state index < -0.39 is 6.04 Å². The Hall–Kier alpha value is -2.82. The van der Waals surface area contributed by atoms with Crippen LogP contribution in [0.25, 0.3) is 0 Å². The van der Waals surface area contributed by atoms with Crippen molar-refractivity contribution in [2.24, 2.45) is 5.92 Å². The summed E-state index contributed by atoms with van der Waals surface area (Å²) in [6.07, 6.45) is 0.853. The maximum atomic E-state index is 12.5. The van der Waals surface area contributed by atoms with Gasteiger partial charge in [-0.2, -0.15) is 0 Å². The van der Waals surface area contributed by atoms with Gasteiger partial charge in [0.25, 0.3) is 0 Å². The summed E-state index contributed by atoms with van der Waals surface area (Å²) in [5.74, 6) is 1.19. The summed E-state index contributed by atoms with van der Waals surface area (Å²) in [5, 5.41) is 0. The third-order valence-corrected chi connectivity index (χ3v) is 4.76. The first-order valence-electron chi connectivity index (χ1n) is 8.16. The molecule has 130 valence electrons. The molecular formula is C20H21NO4. The summed E-state index contributed by atoms with van der Waals surface area (Å²) in [6.45, 7) is 1.79. The lowest BCUT2D eigenvalue weighted by molar-refractivity contribution is -0.160. The largest absolute Gasteiger partial charge is 0.497 e. The average Bonchev–Trinajstić information content (AvgIpc) is 2.68. The molecule has 2 atom stereocenters. The minimum atomic E-state index is -0.415. The molecule has 1 amide bonds. The van der Waals surface area contributed by atoms with Crippen LogP contribution in [-0.4, -0.2) is 37.4 Å². The maximum Gasteiger partial charge on any atom is 0.229 e. The molecule has 25 heavy (non-hydrogen) atoms. The molecule has 0 aliphatic carbocycles. The first-order valence-corrected chi connectivity index (χ1v) is 8.16. The molecule has 0 spiro atoms. The van der Waals surface area contributed by atoms with Crippen LogP contribution in [0, 0.1) is 5.92 Å². The third kappa shape index (κ3) is 2.97. The van der Waals surface area contributed by atoms with E-state index in [0.29, 0.717) is 0 Å². The van der Waals surface area contributed by atoms with Crippen LogP contribution < -0.4 is 9.47 Å². The Bertz CT molecular complexity index is 707. The van der Waals surface area contributed by atoms with Crippen molar-refractivity contribution in [1.82, 2.24) is 4.90 Å². The summed E-state index contributed by atoms with van der Waals surface area (Å²) >= 11 is 0. The van der Waals surface area contributed by atoms with Gasteiger partial charge in [-0.3, -0.25) is 4.79 Å². The predicted molar refractivity (Wildman–Crippen MR) is 93.7 cm³/mol. The Morgan fingerprint density at radius 1 is 0.920 bits per heavy atom. The van der Waals surface area contributed by atoms with Crippen LogP contribution in [0.1, 0.15) is 24.1 Å². The van der Waals surface area contributed by atoms with Gasteiger partial charge < -0.3 is 19.2 Å². The van der Waals surface area contributed by atoms with Crippen LogP contribution >= 0.6 is 0 Å². The topological polar surface area (TPSA) is 55.8 Å². The van der Waals surface area contributed by atoms with Crippen molar-refractivity contribution in [2.45, 2.75) is 19.0 Å². The van der Waals surface area contributed by atoms with Gasteiger partial charge in [-0.25, -0.2) is 0 Å². The predicted octanol–water partition coefficient (Wildman–Crippen LogP) is 2.84. The molecule has 2 aromatic rings. The minimum Gasteiger partial charge on any atom is -0.497 e. The van der Waals surface area contributed by atoms with Gasteiger partial charge in [0.05, 0.1) is 32.2 Å². The van der Waals surface area contributed by atoms with Gasteiger partial charge in [-0.15, -0.1) is 0 Å². The smallest absolute Gasteiger partial charge is 0.229 e. The highest BCUT2D eigenvalue weighted by molar-refractivity contribution is 5.93. The summed E-state index contributed by atoms with van der Waals surface area (Å²) in [6, 6.07) is 14.4.